The topological polar surface area (TPSA) is 21.3 Å². The first kappa shape index (κ1) is 14.3. The minimum Gasteiger partial charge on any atom is -0.375 e. The molecule has 2 aromatic carbocycles. The molecule has 1 aliphatic heterocycles. The fourth-order valence-corrected chi connectivity index (χ4v) is 3.01. The smallest absolute Gasteiger partial charge is 0.0735 e. The van der Waals surface area contributed by atoms with E-state index in [9.17, 15) is 0 Å². The molecule has 1 aliphatic rings. The zero-order valence-corrected chi connectivity index (χ0v) is 12.4. The zero-order valence-electron chi connectivity index (χ0n) is 12.4. The minimum absolute atomic E-state index is 0.305. The van der Waals surface area contributed by atoms with Gasteiger partial charge in [-0.15, -0.1) is 0 Å². The molecule has 0 bridgehead atoms. The molecule has 110 valence electrons. The predicted molar refractivity (Wildman–Crippen MR) is 86.4 cm³/mol. The van der Waals surface area contributed by atoms with E-state index >= 15 is 0 Å². The van der Waals surface area contributed by atoms with E-state index < -0.39 is 0 Å². The predicted octanol–water partition coefficient (Wildman–Crippen LogP) is 3.22. The Hall–Kier alpha value is -1.64. The average Bonchev–Trinajstić information content (AvgIpc) is 2.56. The number of nitrogens with one attached hydrogen (secondary N) is 1. The third-order valence-electron chi connectivity index (χ3n) is 4.15. The van der Waals surface area contributed by atoms with Crippen molar-refractivity contribution in [3.05, 3.63) is 71.8 Å². The first-order valence-corrected chi connectivity index (χ1v) is 7.84. The highest BCUT2D eigenvalue weighted by atomic mass is 16.5. The van der Waals surface area contributed by atoms with Gasteiger partial charge in [0.15, 0.2) is 0 Å². The van der Waals surface area contributed by atoms with Crippen LogP contribution in [-0.2, 0) is 17.6 Å². The van der Waals surface area contributed by atoms with Gasteiger partial charge >= 0.3 is 0 Å². The molecule has 1 N–H and O–H groups in total. The summed E-state index contributed by atoms with van der Waals surface area (Å²) in [6.45, 7) is 1.78. The number of rotatable bonds is 5. The van der Waals surface area contributed by atoms with E-state index in [2.05, 4.69) is 66.0 Å². The van der Waals surface area contributed by atoms with Crippen molar-refractivity contribution >= 4 is 0 Å². The van der Waals surface area contributed by atoms with E-state index in [1.807, 2.05) is 0 Å². The quantitative estimate of drug-likeness (QED) is 0.908. The molecule has 21 heavy (non-hydrogen) atoms. The Bertz CT molecular complexity index is 526. The highest BCUT2D eigenvalue weighted by Crippen LogP contribution is 2.16. The fourth-order valence-electron chi connectivity index (χ4n) is 3.01. The second-order valence-electron chi connectivity index (χ2n) is 5.68. The molecule has 1 saturated heterocycles. The average molecular weight is 281 g/mol. The summed E-state index contributed by atoms with van der Waals surface area (Å²) in [5.41, 5.74) is 2.77. The van der Waals surface area contributed by atoms with Gasteiger partial charge in [0.05, 0.1) is 12.7 Å². The first-order chi connectivity index (χ1) is 10.4. The van der Waals surface area contributed by atoms with Crippen molar-refractivity contribution < 1.29 is 4.74 Å². The van der Waals surface area contributed by atoms with E-state index in [1.54, 1.807) is 0 Å². The van der Waals surface area contributed by atoms with E-state index in [-0.39, 0.29) is 0 Å². The summed E-state index contributed by atoms with van der Waals surface area (Å²) < 4.78 is 6.02. The second-order valence-corrected chi connectivity index (χ2v) is 5.68. The maximum Gasteiger partial charge on any atom is 0.0735 e. The van der Waals surface area contributed by atoms with Crippen LogP contribution in [0.4, 0.5) is 0 Å². The molecule has 2 atom stereocenters. The van der Waals surface area contributed by atoms with Crippen LogP contribution in [0.5, 0.6) is 0 Å². The largest absolute Gasteiger partial charge is 0.375 e. The van der Waals surface area contributed by atoms with Crippen molar-refractivity contribution in [3.63, 3.8) is 0 Å². The summed E-state index contributed by atoms with van der Waals surface area (Å²) in [6.07, 6.45) is 3.51. The normalized spacial score (nSPS) is 22.1. The van der Waals surface area contributed by atoms with Crippen LogP contribution in [0.15, 0.2) is 60.7 Å². The van der Waals surface area contributed by atoms with Crippen molar-refractivity contribution in [1.29, 1.82) is 0 Å². The Morgan fingerprint density at radius 1 is 0.905 bits per heavy atom. The molecule has 0 aliphatic carbocycles. The lowest BCUT2D eigenvalue weighted by atomic mass is 9.95. The van der Waals surface area contributed by atoms with Gasteiger partial charge in [-0.05, 0) is 30.4 Å². The molecule has 2 aromatic rings. The molecule has 0 saturated carbocycles. The van der Waals surface area contributed by atoms with Gasteiger partial charge in [-0.2, -0.15) is 0 Å². The molecule has 0 amide bonds. The van der Waals surface area contributed by atoms with E-state index in [1.165, 1.54) is 11.1 Å². The number of ether oxygens (including phenoxy) is 1. The monoisotopic (exact) mass is 281 g/mol. The summed E-state index contributed by atoms with van der Waals surface area (Å²) in [7, 11) is 0. The van der Waals surface area contributed by atoms with Gasteiger partial charge in [-0.3, -0.25) is 0 Å². The molecular weight excluding hydrogens is 258 g/mol. The lowest BCUT2D eigenvalue weighted by Crippen LogP contribution is -2.49. The number of aryl methyl sites for hydroxylation is 1. The third kappa shape index (κ3) is 4.16. The van der Waals surface area contributed by atoms with Crippen molar-refractivity contribution in [2.75, 3.05) is 13.2 Å². The molecule has 3 rings (SSSR count). The molecule has 2 heteroatoms. The zero-order chi connectivity index (χ0) is 14.3. The summed E-state index contributed by atoms with van der Waals surface area (Å²) in [5.74, 6) is 0. The maximum atomic E-state index is 6.02. The van der Waals surface area contributed by atoms with Crippen LogP contribution in [0.3, 0.4) is 0 Å². The highest BCUT2D eigenvalue weighted by molar-refractivity contribution is 5.17. The van der Waals surface area contributed by atoms with Gasteiger partial charge in [0.2, 0.25) is 0 Å². The molecular formula is C19H23NO. The van der Waals surface area contributed by atoms with Gasteiger partial charge in [-0.25, -0.2) is 0 Å². The molecule has 0 spiro atoms. The number of benzene rings is 2. The van der Waals surface area contributed by atoms with E-state index in [0.29, 0.717) is 12.1 Å². The Balaban J connectivity index is 1.59. The number of hydrogen-bond acceptors (Lipinski definition) is 2. The standard InChI is InChI=1S/C19H23NO/c1-3-7-16(8-4-1)11-12-19-18(20-13-14-21-19)15-17-9-5-2-6-10-17/h1-10,18-20H,11-15H2. The molecule has 2 unspecified atom stereocenters. The summed E-state index contributed by atoms with van der Waals surface area (Å²) >= 11 is 0. The van der Waals surface area contributed by atoms with Gasteiger partial charge in [0.1, 0.15) is 0 Å². The summed E-state index contributed by atoms with van der Waals surface area (Å²) in [4.78, 5) is 0. The molecule has 1 heterocycles. The van der Waals surface area contributed by atoms with Gasteiger partial charge < -0.3 is 10.1 Å². The second kappa shape index (κ2) is 7.39. The van der Waals surface area contributed by atoms with Crippen LogP contribution < -0.4 is 5.32 Å². The SMILES string of the molecule is c1ccc(CCC2OCCNC2Cc2ccccc2)cc1. The minimum atomic E-state index is 0.305. The van der Waals surface area contributed by atoms with Crippen LogP contribution in [0.25, 0.3) is 0 Å². The van der Waals surface area contributed by atoms with Crippen LogP contribution in [0, 0.1) is 0 Å². The van der Waals surface area contributed by atoms with E-state index in [0.717, 1.165) is 32.4 Å². The Morgan fingerprint density at radius 3 is 2.29 bits per heavy atom. The molecule has 1 fully saturated rings. The van der Waals surface area contributed by atoms with Gasteiger partial charge in [-0.1, -0.05) is 60.7 Å². The summed E-state index contributed by atoms with van der Waals surface area (Å²) in [6, 6.07) is 21.8. The third-order valence-corrected chi connectivity index (χ3v) is 4.15. The summed E-state index contributed by atoms with van der Waals surface area (Å²) in [5, 5.41) is 3.63. The molecule has 0 aromatic heterocycles. The van der Waals surface area contributed by atoms with Crippen LogP contribution in [0.2, 0.25) is 0 Å². The van der Waals surface area contributed by atoms with Gasteiger partial charge in [0.25, 0.3) is 0 Å². The Kier molecular flexibility index (Phi) is 5.03. The van der Waals surface area contributed by atoms with Crippen LogP contribution in [0.1, 0.15) is 17.5 Å². The Labute approximate surface area is 127 Å². The highest BCUT2D eigenvalue weighted by Gasteiger charge is 2.25. The van der Waals surface area contributed by atoms with Crippen molar-refractivity contribution in [3.8, 4) is 0 Å². The van der Waals surface area contributed by atoms with Gasteiger partial charge in [0, 0.05) is 12.6 Å². The fraction of sp³-hybridized carbons (Fsp3) is 0.368. The van der Waals surface area contributed by atoms with Crippen molar-refractivity contribution in [2.24, 2.45) is 0 Å². The lowest BCUT2D eigenvalue weighted by Gasteiger charge is -2.33. The Morgan fingerprint density at radius 2 is 1.57 bits per heavy atom. The number of morpholine rings is 1. The van der Waals surface area contributed by atoms with Crippen LogP contribution >= 0.6 is 0 Å². The molecule has 2 nitrogen and oxygen atoms in total. The number of hydrogen-bond donors (Lipinski definition) is 1. The van der Waals surface area contributed by atoms with E-state index in [4.69, 9.17) is 4.74 Å². The molecule has 0 radical (unpaired) electrons. The first-order valence-electron chi connectivity index (χ1n) is 7.84. The van der Waals surface area contributed by atoms with Crippen molar-refractivity contribution in [1.82, 2.24) is 5.32 Å². The van der Waals surface area contributed by atoms with Crippen LogP contribution in [-0.4, -0.2) is 25.3 Å². The lowest BCUT2D eigenvalue weighted by molar-refractivity contribution is -0.00813. The maximum absolute atomic E-state index is 6.02. The van der Waals surface area contributed by atoms with Crippen molar-refractivity contribution in [2.45, 2.75) is 31.4 Å².